The number of hydrogen-bond donors (Lipinski definition) is 1. The molecular weight excluding hydrogens is 497 g/mol. The number of anilines is 3. The van der Waals surface area contributed by atoms with E-state index in [-0.39, 0.29) is 42.7 Å². The molecule has 3 aromatic rings. The summed E-state index contributed by atoms with van der Waals surface area (Å²) >= 11 is 0. The summed E-state index contributed by atoms with van der Waals surface area (Å²) in [5.41, 5.74) is -0.258. The van der Waals surface area contributed by atoms with Crippen molar-refractivity contribution in [2.45, 2.75) is 6.18 Å². The van der Waals surface area contributed by atoms with Gasteiger partial charge in [-0.25, -0.2) is 23.8 Å². The van der Waals surface area contributed by atoms with Gasteiger partial charge in [-0.3, -0.25) is 5.21 Å². The zero-order valence-corrected chi connectivity index (χ0v) is 20.3. The molecule has 1 saturated heterocycles. The second-order valence-corrected chi connectivity index (χ2v) is 8.81. The van der Waals surface area contributed by atoms with Gasteiger partial charge in [0.1, 0.15) is 11.6 Å². The van der Waals surface area contributed by atoms with Crippen molar-refractivity contribution in [3.05, 3.63) is 59.8 Å². The molecule has 3 heterocycles. The summed E-state index contributed by atoms with van der Waals surface area (Å²) < 4.78 is 67.8. The second kappa shape index (κ2) is 10.8. The van der Waals surface area contributed by atoms with Crippen molar-refractivity contribution >= 4 is 17.6 Å². The van der Waals surface area contributed by atoms with Crippen LogP contribution in [0, 0.1) is 11.6 Å². The third-order valence-electron chi connectivity index (χ3n) is 5.90. The van der Waals surface area contributed by atoms with Gasteiger partial charge in [0.2, 0.25) is 0 Å². The van der Waals surface area contributed by atoms with Crippen LogP contribution >= 0.6 is 0 Å². The lowest BCUT2D eigenvalue weighted by atomic mass is 10.1. The molecule has 0 atom stereocenters. The zero-order chi connectivity index (χ0) is 26.7. The predicted octanol–water partition coefficient (Wildman–Crippen LogP) is 3.92. The Kier molecular flexibility index (Phi) is 7.73. The summed E-state index contributed by atoms with van der Waals surface area (Å²) in [6.45, 7) is 1.78. The van der Waals surface area contributed by atoms with E-state index in [0.29, 0.717) is 25.5 Å². The van der Waals surface area contributed by atoms with Gasteiger partial charge in [-0.2, -0.15) is 18.2 Å². The third-order valence-corrected chi connectivity index (χ3v) is 5.90. The maximum absolute atomic E-state index is 13.9. The highest BCUT2D eigenvalue weighted by Crippen LogP contribution is 2.35. The van der Waals surface area contributed by atoms with Crippen LogP contribution in [-0.2, 0) is 6.18 Å². The van der Waals surface area contributed by atoms with E-state index in [1.54, 1.807) is 11.0 Å². The summed E-state index contributed by atoms with van der Waals surface area (Å²) in [5.74, 6) is -1.82. The Morgan fingerprint density at radius 2 is 1.62 bits per heavy atom. The Hall–Kier alpha value is -3.58. The zero-order valence-electron chi connectivity index (χ0n) is 20.3. The summed E-state index contributed by atoms with van der Waals surface area (Å²) in [4.78, 5) is 18.0. The minimum absolute atomic E-state index is 0.0365. The van der Waals surface area contributed by atoms with Crippen LogP contribution in [0.25, 0.3) is 11.3 Å². The van der Waals surface area contributed by atoms with Gasteiger partial charge in [-0.1, -0.05) is 0 Å². The molecule has 8 nitrogen and oxygen atoms in total. The summed E-state index contributed by atoms with van der Waals surface area (Å²) in [5, 5.41) is 11.4. The van der Waals surface area contributed by atoms with Crippen molar-refractivity contribution in [3.8, 4) is 11.3 Å². The molecular formula is C24H26F5N7O. The Balaban J connectivity index is 1.61. The number of piperazine rings is 1. The lowest BCUT2D eigenvalue weighted by Crippen LogP contribution is -2.47. The van der Waals surface area contributed by atoms with Crippen molar-refractivity contribution in [2.75, 3.05) is 68.2 Å². The van der Waals surface area contributed by atoms with E-state index in [1.165, 1.54) is 18.3 Å². The van der Waals surface area contributed by atoms with Crippen LogP contribution in [0.1, 0.15) is 5.56 Å². The highest BCUT2D eigenvalue weighted by atomic mass is 19.4. The average molecular weight is 524 g/mol. The maximum atomic E-state index is 13.9. The first-order valence-electron chi connectivity index (χ1n) is 11.5. The Morgan fingerprint density at radius 3 is 2.27 bits per heavy atom. The molecule has 198 valence electrons. The first-order chi connectivity index (χ1) is 17.5. The van der Waals surface area contributed by atoms with Crippen LogP contribution in [0.4, 0.5) is 39.5 Å². The van der Waals surface area contributed by atoms with Gasteiger partial charge < -0.3 is 14.7 Å². The normalized spacial score (nSPS) is 14.4. The molecule has 1 aromatic carbocycles. The molecule has 4 rings (SSSR count). The van der Waals surface area contributed by atoms with Gasteiger partial charge in [0.15, 0.2) is 11.6 Å². The Labute approximate surface area is 210 Å². The van der Waals surface area contributed by atoms with Crippen molar-refractivity contribution in [3.63, 3.8) is 0 Å². The predicted molar refractivity (Wildman–Crippen MR) is 129 cm³/mol. The molecule has 0 unspecified atom stereocenters. The number of halogens is 5. The summed E-state index contributed by atoms with van der Waals surface area (Å²) in [6.07, 6.45) is -3.20. The molecule has 1 fully saturated rings. The van der Waals surface area contributed by atoms with E-state index < -0.39 is 23.4 Å². The summed E-state index contributed by atoms with van der Waals surface area (Å²) in [7, 11) is 3.67. The Bertz CT molecular complexity index is 1230. The van der Waals surface area contributed by atoms with Crippen LogP contribution in [-0.4, -0.2) is 78.4 Å². The first kappa shape index (κ1) is 26.5. The molecule has 1 aliphatic heterocycles. The van der Waals surface area contributed by atoms with E-state index in [2.05, 4.69) is 15.0 Å². The van der Waals surface area contributed by atoms with Gasteiger partial charge in [0.05, 0.1) is 17.8 Å². The van der Waals surface area contributed by atoms with E-state index in [1.807, 2.05) is 23.9 Å². The number of hydroxylamine groups is 1. The van der Waals surface area contributed by atoms with Crippen LogP contribution in [0.5, 0.6) is 0 Å². The minimum Gasteiger partial charge on any atom is -0.353 e. The molecule has 0 aliphatic carbocycles. The van der Waals surface area contributed by atoms with Gasteiger partial charge >= 0.3 is 6.18 Å². The lowest BCUT2D eigenvalue weighted by molar-refractivity contribution is -0.137. The topological polar surface area (TPSA) is 71.9 Å². The SMILES string of the molecule is CN(C)CCN(O)c1nc(-c2ccc(F)c(F)c2)cc(N2CCN(c3ncccc3C(F)(F)F)CC2)n1. The van der Waals surface area contributed by atoms with Crippen LogP contribution in [0.3, 0.4) is 0 Å². The quantitative estimate of drug-likeness (QED) is 0.369. The number of benzene rings is 1. The van der Waals surface area contributed by atoms with E-state index >= 15 is 0 Å². The molecule has 0 spiro atoms. The number of rotatable bonds is 7. The summed E-state index contributed by atoms with van der Waals surface area (Å²) in [6, 6.07) is 7.19. The number of nitrogens with zero attached hydrogens (tertiary/aromatic N) is 7. The Morgan fingerprint density at radius 1 is 0.919 bits per heavy atom. The van der Waals surface area contributed by atoms with Gasteiger partial charge in [-0.05, 0) is 44.4 Å². The smallest absolute Gasteiger partial charge is 0.353 e. The highest BCUT2D eigenvalue weighted by Gasteiger charge is 2.36. The molecule has 13 heteroatoms. The largest absolute Gasteiger partial charge is 0.419 e. The standard InChI is InChI=1S/C24H26F5N7O/c1-33(2)8-13-36(37)23-31-20(16-5-6-18(25)19(26)14-16)15-21(32-23)34-9-11-35(12-10-34)22-17(24(27,28)29)4-3-7-30-22/h3-7,14-15,37H,8-13H2,1-2H3. The van der Waals surface area contributed by atoms with Crippen molar-refractivity contribution in [1.82, 2.24) is 19.9 Å². The molecule has 37 heavy (non-hydrogen) atoms. The lowest BCUT2D eigenvalue weighted by Gasteiger charge is -2.37. The second-order valence-electron chi connectivity index (χ2n) is 8.81. The van der Waals surface area contributed by atoms with Crippen molar-refractivity contribution < 1.29 is 27.2 Å². The monoisotopic (exact) mass is 523 g/mol. The first-order valence-corrected chi connectivity index (χ1v) is 11.5. The maximum Gasteiger partial charge on any atom is 0.419 e. The third kappa shape index (κ3) is 6.23. The molecule has 0 amide bonds. The van der Waals surface area contributed by atoms with E-state index in [9.17, 15) is 27.2 Å². The van der Waals surface area contributed by atoms with Gasteiger partial charge in [0.25, 0.3) is 5.95 Å². The minimum atomic E-state index is -4.53. The van der Waals surface area contributed by atoms with E-state index in [4.69, 9.17) is 0 Å². The van der Waals surface area contributed by atoms with Gasteiger partial charge in [0, 0.05) is 50.6 Å². The molecule has 0 radical (unpaired) electrons. The molecule has 0 bridgehead atoms. The van der Waals surface area contributed by atoms with Crippen LogP contribution < -0.4 is 14.9 Å². The number of pyridine rings is 1. The fourth-order valence-corrected chi connectivity index (χ4v) is 3.92. The molecule has 1 N–H and O–H groups in total. The number of alkyl halides is 3. The van der Waals surface area contributed by atoms with Gasteiger partial charge in [-0.15, -0.1) is 0 Å². The van der Waals surface area contributed by atoms with Crippen molar-refractivity contribution in [1.29, 1.82) is 0 Å². The molecule has 2 aromatic heterocycles. The average Bonchev–Trinajstić information content (AvgIpc) is 2.88. The fourth-order valence-electron chi connectivity index (χ4n) is 3.92. The number of likely N-dealkylation sites (N-methyl/N-ethyl adjacent to an activating group) is 1. The molecule has 0 saturated carbocycles. The fraction of sp³-hybridized carbons (Fsp3) is 0.375. The molecule has 1 aliphatic rings. The van der Waals surface area contributed by atoms with Crippen LogP contribution in [0.2, 0.25) is 0 Å². The highest BCUT2D eigenvalue weighted by molar-refractivity contribution is 5.65. The van der Waals surface area contributed by atoms with E-state index in [0.717, 1.165) is 23.3 Å². The number of hydrogen-bond acceptors (Lipinski definition) is 8. The number of aromatic nitrogens is 3. The van der Waals surface area contributed by atoms with Crippen molar-refractivity contribution in [2.24, 2.45) is 0 Å². The van der Waals surface area contributed by atoms with Crippen LogP contribution in [0.15, 0.2) is 42.6 Å².